The van der Waals surface area contributed by atoms with Crippen LogP contribution in [0.1, 0.15) is 18.9 Å². The second-order valence-electron chi connectivity index (χ2n) is 5.04. The van der Waals surface area contributed by atoms with Crippen molar-refractivity contribution in [3.63, 3.8) is 0 Å². The third kappa shape index (κ3) is 4.74. The van der Waals surface area contributed by atoms with Gasteiger partial charge in [-0.2, -0.15) is 0 Å². The Kier molecular flexibility index (Phi) is 5.78. The van der Waals surface area contributed by atoms with Crippen LogP contribution in [0.2, 0.25) is 0 Å². The number of hydrogen-bond acceptors (Lipinski definition) is 3. The fourth-order valence-electron chi connectivity index (χ4n) is 2.23. The number of carbonyl (C=O) groups excluding carboxylic acids is 1. The van der Waals surface area contributed by atoms with Crippen molar-refractivity contribution >= 4 is 22.8 Å². The van der Waals surface area contributed by atoms with Gasteiger partial charge in [-0.3, -0.25) is 9.59 Å². The molecule has 0 aliphatic carbocycles. The molecule has 1 atom stereocenters. The van der Waals surface area contributed by atoms with Crippen molar-refractivity contribution < 1.29 is 14.7 Å². The Morgan fingerprint density at radius 2 is 1.59 bits per heavy atom. The molecule has 0 amide bonds. The first-order chi connectivity index (χ1) is 10.6. The fourth-order valence-corrected chi connectivity index (χ4v) is 2.96. The number of hydrogen-bond donors (Lipinski definition) is 1. The molecule has 3 nitrogen and oxygen atoms in total. The number of thioether (sulfide) groups is 1. The molecule has 2 aromatic rings. The standard InChI is InChI=1S/C18H18O3S/c1-13(19)22-17(18(20)21)12-9-14-7-10-16(11-8-14)15-5-3-2-4-6-15/h2-8,10-11,17H,9,12H2,1H3,(H,20,21). The predicted octanol–water partition coefficient (Wildman–Crippen LogP) is 4.02. The van der Waals surface area contributed by atoms with Crippen LogP contribution in [0.3, 0.4) is 0 Å². The van der Waals surface area contributed by atoms with Crippen molar-refractivity contribution in [3.05, 3.63) is 60.2 Å². The number of aliphatic carboxylic acids is 1. The molecule has 22 heavy (non-hydrogen) atoms. The molecule has 1 N–H and O–H groups in total. The van der Waals surface area contributed by atoms with Gasteiger partial charge in [-0.1, -0.05) is 66.4 Å². The zero-order valence-electron chi connectivity index (χ0n) is 12.4. The molecule has 0 aliphatic heterocycles. The van der Waals surface area contributed by atoms with E-state index >= 15 is 0 Å². The molecule has 0 radical (unpaired) electrons. The maximum absolute atomic E-state index is 11.1. The molecule has 0 aromatic heterocycles. The summed E-state index contributed by atoms with van der Waals surface area (Å²) in [7, 11) is 0. The largest absolute Gasteiger partial charge is 0.480 e. The summed E-state index contributed by atoms with van der Waals surface area (Å²) in [6.45, 7) is 1.40. The number of carboxylic acids is 1. The zero-order chi connectivity index (χ0) is 15.9. The van der Waals surface area contributed by atoms with E-state index in [2.05, 4.69) is 12.1 Å². The Labute approximate surface area is 134 Å². The van der Waals surface area contributed by atoms with Gasteiger partial charge in [-0.05, 0) is 29.5 Å². The minimum absolute atomic E-state index is 0.160. The topological polar surface area (TPSA) is 54.4 Å². The summed E-state index contributed by atoms with van der Waals surface area (Å²) in [5.74, 6) is -0.930. The molecule has 0 saturated heterocycles. The van der Waals surface area contributed by atoms with Crippen molar-refractivity contribution in [3.8, 4) is 11.1 Å². The van der Waals surface area contributed by atoms with Gasteiger partial charge in [0.05, 0.1) is 0 Å². The lowest BCUT2D eigenvalue weighted by molar-refractivity contribution is -0.136. The van der Waals surface area contributed by atoms with Crippen LogP contribution in [-0.4, -0.2) is 21.4 Å². The van der Waals surface area contributed by atoms with Gasteiger partial charge in [-0.25, -0.2) is 0 Å². The lowest BCUT2D eigenvalue weighted by atomic mass is 10.0. The molecule has 0 bridgehead atoms. The van der Waals surface area contributed by atoms with Gasteiger partial charge in [0.25, 0.3) is 0 Å². The smallest absolute Gasteiger partial charge is 0.317 e. The average molecular weight is 314 g/mol. The first-order valence-corrected chi connectivity index (χ1v) is 7.98. The van der Waals surface area contributed by atoms with E-state index in [1.165, 1.54) is 6.92 Å². The molecule has 0 aliphatic rings. The quantitative estimate of drug-likeness (QED) is 0.875. The minimum atomic E-state index is -0.930. The number of carbonyl (C=O) groups is 2. The predicted molar refractivity (Wildman–Crippen MR) is 89.9 cm³/mol. The van der Waals surface area contributed by atoms with Crippen molar-refractivity contribution in [1.29, 1.82) is 0 Å². The maximum Gasteiger partial charge on any atom is 0.317 e. The Hall–Kier alpha value is -2.07. The lowest BCUT2D eigenvalue weighted by Crippen LogP contribution is -2.18. The van der Waals surface area contributed by atoms with Crippen LogP contribution >= 0.6 is 11.8 Å². The normalized spacial score (nSPS) is 11.9. The van der Waals surface area contributed by atoms with Gasteiger partial charge in [-0.15, -0.1) is 0 Å². The molecule has 114 valence electrons. The van der Waals surface area contributed by atoms with Crippen LogP contribution in [0.25, 0.3) is 11.1 Å². The lowest BCUT2D eigenvalue weighted by Gasteiger charge is -2.10. The van der Waals surface area contributed by atoms with E-state index in [4.69, 9.17) is 5.11 Å². The monoisotopic (exact) mass is 314 g/mol. The fraction of sp³-hybridized carbons (Fsp3) is 0.222. The van der Waals surface area contributed by atoms with E-state index in [-0.39, 0.29) is 5.12 Å². The molecule has 4 heteroatoms. The summed E-state index contributed by atoms with van der Waals surface area (Å²) in [4.78, 5) is 22.2. The first-order valence-electron chi connectivity index (χ1n) is 7.10. The van der Waals surface area contributed by atoms with E-state index in [0.29, 0.717) is 12.8 Å². The highest BCUT2D eigenvalue weighted by atomic mass is 32.2. The number of benzene rings is 2. The van der Waals surface area contributed by atoms with Crippen LogP contribution in [0, 0.1) is 0 Å². The van der Waals surface area contributed by atoms with Crippen LogP contribution in [-0.2, 0) is 16.0 Å². The first kappa shape index (κ1) is 16.3. The molecule has 0 fully saturated rings. The Balaban J connectivity index is 1.99. The van der Waals surface area contributed by atoms with Gasteiger partial charge in [0, 0.05) is 6.92 Å². The molecule has 0 heterocycles. The molecular weight excluding hydrogens is 296 g/mol. The maximum atomic E-state index is 11.1. The molecule has 0 spiro atoms. The SMILES string of the molecule is CC(=O)SC(CCc1ccc(-c2ccccc2)cc1)C(=O)O. The van der Waals surface area contributed by atoms with E-state index in [9.17, 15) is 9.59 Å². The van der Waals surface area contributed by atoms with Crippen molar-refractivity contribution in [2.75, 3.05) is 0 Å². The Bertz CT molecular complexity index is 635. The molecule has 0 saturated carbocycles. The van der Waals surface area contributed by atoms with Crippen LogP contribution in [0.4, 0.5) is 0 Å². The van der Waals surface area contributed by atoms with E-state index < -0.39 is 11.2 Å². The van der Waals surface area contributed by atoms with Crippen LogP contribution in [0.15, 0.2) is 54.6 Å². The Morgan fingerprint density at radius 3 is 2.14 bits per heavy atom. The van der Waals surface area contributed by atoms with Gasteiger partial charge in [0.1, 0.15) is 5.25 Å². The van der Waals surface area contributed by atoms with E-state index in [1.54, 1.807) is 0 Å². The molecular formula is C18H18O3S. The number of aryl methyl sites for hydroxylation is 1. The summed E-state index contributed by atoms with van der Waals surface area (Å²) in [5.41, 5.74) is 3.37. The highest BCUT2D eigenvalue weighted by Gasteiger charge is 2.19. The summed E-state index contributed by atoms with van der Waals surface area (Å²) in [6, 6.07) is 18.2. The highest BCUT2D eigenvalue weighted by Crippen LogP contribution is 2.22. The molecule has 2 rings (SSSR count). The van der Waals surface area contributed by atoms with Crippen molar-refractivity contribution in [1.82, 2.24) is 0 Å². The molecule has 2 aromatic carbocycles. The summed E-state index contributed by atoms with van der Waals surface area (Å²) in [6.07, 6.45) is 1.09. The summed E-state index contributed by atoms with van der Waals surface area (Å²) in [5, 5.41) is 8.28. The highest BCUT2D eigenvalue weighted by molar-refractivity contribution is 8.14. The van der Waals surface area contributed by atoms with Gasteiger partial charge >= 0.3 is 5.97 Å². The third-order valence-corrected chi connectivity index (χ3v) is 4.39. The molecule has 1 unspecified atom stereocenters. The number of carboxylic acid groups (broad SMARTS) is 1. The minimum Gasteiger partial charge on any atom is -0.480 e. The van der Waals surface area contributed by atoms with Gasteiger partial charge in [0.2, 0.25) is 0 Å². The summed E-state index contributed by atoms with van der Waals surface area (Å²) >= 11 is 0.888. The van der Waals surface area contributed by atoms with E-state index in [1.807, 2.05) is 42.5 Å². The van der Waals surface area contributed by atoms with Crippen LogP contribution < -0.4 is 0 Å². The van der Waals surface area contributed by atoms with E-state index in [0.717, 1.165) is 28.5 Å². The third-order valence-electron chi connectivity index (χ3n) is 3.34. The summed E-state index contributed by atoms with van der Waals surface area (Å²) < 4.78 is 0. The van der Waals surface area contributed by atoms with Gasteiger partial charge < -0.3 is 5.11 Å². The zero-order valence-corrected chi connectivity index (χ0v) is 13.2. The van der Waals surface area contributed by atoms with Gasteiger partial charge in [0.15, 0.2) is 5.12 Å². The number of rotatable bonds is 6. The second-order valence-corrected chi connectivity index (χ2v) is 6.42. The average Bonchev–Trinajstić information content (AvgIpc) is 2.52. The van der Waals surface area contributed by atoms with Crippen LogP contribution in [0.5, 0.6) is 0 Å². The van der Waals surface area contributed by atoms with Crippen molar-refractivity contribution in [2.24, 2.45) is 0 Å². The Morgan fingerprint density at radius 1 is 1.00 bits per heavy atom. The second kappa shape index (κ2) is 7.80. The van der Waals surface area contributed by atoms with Crippen molar-refractivity contribution in [2.45, 2.75) is 25.0 Å².